The monoisotopic (exact) mass is 247 g/mol. The van der Waals surface area contributed by atoms with Gasteiger partial charge in [0.2, 0.25) is 5.91 Å². The van der Waals surface area contributed by atoms with Crippen LogP contribution in [0.25, 0.3) is 0 Å². The van der Waals surface area contributed by atoms with Crippen LogP contribution in [-0.2, 0) is 15.1 Å². The number of fused-ring (bicyclic) bond motifs is 1. The quantitative estimate of drug-likeness (QED) is 0.883. The molecule has 2 rings (SSSR count). The summed E-state index contributed by atoms with van der Waals surface area (Å²) < 4.78 is 6.19. The average molecular weight is 247 g/mol. The van der Waals surface area contributed by atoms with Gasteiger partial charge in [0.05, 0.1) is 11.7 Å². The number of carbonyl (C=O) groups is 1. The Balaban J connectivity index is 2.53. The molecular weight excluding hydrogens is 226 g/mol. The van der Waals surface area contributed by atoms with Crippen molar-refractivity contribution < 1.29 is 9.53 Å². The molecule has 98 valence electrons. The first-order valence-corrected chi connectivity index (χ1v) is 6.60. The van der Waals surface area contributed by atoms with Crippen LogP contribution < -0.4 is 5.32 Å². The molecule has 0 saturated heterocycles. The molecule has 0 radical (unpaired) electrons. The molecule has 2 atom stereocenters. The minimum Gasteiger partial charge on any atom is -0.363 e. The van der Waals surface area contributed by atoms with Crippen LogP contribution in [0.3, 0.4) is 0 Å². The number of amides is 1. The topological polar surface area (TPSA) is 38.3 Å². The number of nitrogens with one attached hydrogen (secondary N) is 1. The highest BCUT2D eigenvalue weighted by Crippen LogP contribution is 2.49. The van der Waals surface area contributed by atoms with E-state index in [0.29, 0.717) is 0 Å². The number of benzene rings is 1. The van der Waals surface area contributed by atoms with E-state index in [0.717, 1.165) is 24.1 Å². The van der Waals surface area contributed by atoms with Gasteiger partial charge in [-0.05, 0) is 31.4 Å². The summed E-state index contributed by atoms with van der Waals surface area (Å²) in [6, 6.07) is 6.05. The van der Waals surface area contributed by atoms with Crippen molar-refractivity contribution in [3.8, 4) is 0 Å². The van der Waals surface area contributed by atoms with E-state index < -0.39 is 0 Å². The predicted molar refractivity (Wildman–Crippen MR) is 72.5 cm³/mol. The van der Waals surface area contributed by atoms with Crippen LogP contribution in [0, 0.1) is 0 Å². The molecule has 1 aliphatic rings. The maximum Gasteiger partial charge on any atom is 0.221 e. The van der Waals surface area contributed by atoms with Crippen LogP contribution in [0.2, 0.25) is 0 Å². The van der Waals surface area contributed by atoms with Crippen molar-refractivity contribution in [2.45, 2.75) is 52.2 Å². The molecule has 0 spiro atoms. The Hall–Kier alpha value is -1.35. The van der Waals surface area contributed by atoms with Crippen molar-refractivity contribution >= 4 is 11.6 Å². The Labute approximate surface area is 109 Å². The fraction of sp³-hybridized carbons (Fsp3) is 0.533. The van der Waals surface area contributed by atoms with E-state index in [1.165, 1.54) is 12.5 Å². The molecular formula is C15H21NO2. The molecule has 0 saturated carbocycles. The maximum atomic E-state index is 11.3. The molecule has 3 heteroatoms. The van der Waals surface area contributed by atoms with Crippen LogP contribution >= 0.6 is 0 Å². The van der Waals surface area contributed by atoms with Crippen molar-refractivity contribution in [3.63, 3.8) is 0 Å². The van der Waals surface area contributed by atoms with Crippen LogP contribution in [0.15, 0.2) is 18.2 Å². The lowest BCUT2D eigenvalue weighted by Crippen LogP contribution is -2.19. The zero-order valence-corrected chi connectivity index (χ0v) is 11.5. The molecule has 1 N–H and O–H groups in total. The molecule has 1 aliphatic heterocycles. The second-order valence-corrected chi connectivity index (χ2v) is 5.05. The Kier molecular flexibility index (Phi) is 3.44. The van der Waals surface area contributed by atoms with Crippen molar-refractivity contribution in [2.75, 3.05) is 5.32 Å². The van der Waals surface area contributed by atoms with Gasteiger partial charge >= 0.3 is 0 Å². The number of ether oxygens (including phenoxy) is 1. The summed E-state index contributed by atoms with van der Waals surface area (Å²) in [4.78, 5) is 11.3. The highest BCUT2D eigenvalue weighted by molar-refractivity contribution is 5.90. The highest BCUT2D eigenvalue weighted by atomic mass is 16.5. The molecule has 1 aromatic rings. The minimum absolute atomic E-state index is 0.0386. The number of anilines is 1. The Morgan fingerprint density at radius 1 is 1.44 bits per heavy atom. The second-order valence-electron chi connectivity index (χ2n) is 5.05. The largest absolute Gasteiger partial charge is 0.363 e. The summed E-state index contributed by atoms with van der Waals surface area (Å²) in [5.74, 6) is -0.0386. The van der Waals surface area contributed by atoms with Gasteiger partial charge in [0.25, 0.3) is 0 Å². The molecule has 1 aromatic carbocycles. The standard InChI is InChI=1S/C15H21NO2/c1-5-13-14-11(15(4,6-2)18-13)8-7-9-12(14)16-10(3)17/h7-9,13H,5-6H2,1-4H3,(H,16,17). The first-order chi connectivity index (χ1) is 8.51. The molecule has 0 aromatic heterocycles. The highest BCUT2D eigenvalue weighted by Gasteiger charge is 2.40. The predicted octanol–water partition coefficient (Wildman–Crippen LogP) is 3.75. The van der Waals surface area contributed by atoms with E-state index in [1.807, 2.05) is 12.1 Å². The third-order valence-corrected chi connectivity index (χ3v) is 3.76. The van der Waals surface area contributed by atoms with Gasteiger partial charge in [-0.3, -0.25) is 4.79 Å². The minimum atomic E-state index is -0.232. The first-order valence-electron chi connectivity index (χ1n) is 6.60. The van der Waals surface area contributed by atoms with E-state index in [2.05, 4.69) is 32.2 Å². The fourth-order valence-electron chi connectivity index (χ4n) is 2.67. The molecule has 0 bridgehead atoms. The van der Waals surface area contributed by atoms with E-state index in [-0.39, 0.29) is 17.6 Å². The zero-order chi connectivity index (χ0) is 13.3. The number of rotatable bonds is 3. The van der Waals surface area contributed by atoms with E-state index in [9.17, 15) is 4.79 Å². The Morgan fingerprint density at radius 3 is 2.72 bits per heavy atom. The van der Waals surface area contributed by atoms with Gasteiger partial charge < -0.3 is 10.1 Å². The SMILES string of the molecule is CCC1OC(C)(CC)c2cccc(NC(C)=O)c21. The molecule has 18 heavy (non-hydrogen) atoms. The third kappa shape index (κ3) is 2.03. The third-order valence-electron chi connectivity index (χ3n) is 3.76. The van der Waals surface area contributed by atoms with Crippen molar-refractivity contribution in [1.82, 2.24) is 0 Å². The van der Waals surface area contributed by atoms with Gasteiger partial charge in [-0.1, -0.05) is 26.0 Å². The van der Waals surface area contributed by atoms with E-state index in [4.69, 9.17) is 4.74 Å². The summed E-state index contributed by atoms with van der Waals surface area (Å²) in [6.07, 6.45) is 1.92. The lowest BCUT2D eigenvalue weighted by atomic mass is 9.89. The second kappa shape index (κ2) is 4.73. The molecule has 3 nitrogen and oxygen atoms in total. The van der Waals surface area contributed by atoms with E-state index in [1.54, 1.807) is 0 Å². The molecule has 1 amide bonds. The van der Waals surface area contributed by atoms with Gasteiger partial charge in [0.15, 0.2) is 0 Å². The van der Waals surface area contributed by atoms with Crippen LogP contribution in [0.4, 0.5) is 5.69 Å². The van der Waals surface area contributed by atoms with Crippen molar-refractivity contribution in [3.05, 3.63) is 29.3 Å². The summed E-state index contributed by atoms with van der Waals surface area (Å²) in [6.45, 7) is 7.90. The summed E-state index contributed by atoms with van der Waals surface area (Å²) in [7, 11) is 0. The summed E-state index contributed by atoms with van der Waals surface area (Å²) in [5, 5.41) is 2.91. The van der Waals surface area contributed by atoms with Gasteiger partial charge in [-0.25, -0.2) is 0 Å². The van der Waals surface area contributed by atoms with E-state index >= 15 is 0 Å². The summed E-state index contributed by atoms with van der Waals surface area (Å²) in [5.41, 5.74) is 3.02. The normalized spacial score (nSPS) is 25.9. The zero-order valence-electron chi connectivity index (χ0n) is 11.5. The van der Waals surface area contributed by atoms with Crippen molar-refractivity contribution in [2.24, 2.45) is 0 Å². The molecule has 2 unspecified atom stereocenters. The lowest BCUT2D eigenvalue weighted by Gasteiger charge is -2.24. The van der Waals surface area contributed by atoms with Gasteiger partial charge in [-0.2, -0.15) is 0 Å². The Morgan fingerprint density at radius 2 is 2.17 bits per heavy atom. The van der Waals surface area contributed by atoms with Gasteiger partial charge in [0, 0.05) is 18.2 Å². The molecule has 0 fully saturated rings. The van der Waals surface area contributed by atoms with Gasteiger partial charge in [0.1, 0.15) is 0 Å². The van der Waals surface area contributed by atoms with Gasteiger partial charge in [-0.15, -0.1) is 0 Å². The van der Waals surface area contributed by atoms with Crippen molar-refractivity contribution in [1.29, 1.82) is 0 Å². The molecule has 0 aliphatic carbocycles. The Bertz CT molecular complexity index is 470. The first kappa shape index (κ1) is 13.1. The molecule has 1 heterocycles. The number of hydrogen-bond acceptors (Lipinski definition) is 2. The lowest BCUT2D eigenvalue weighted by molar-refractivity contribution is -0.114. The average Bonchev–Trinajstić information content (AvgIpc) is 2.64. The fourth-order valence-corrected chi connectivity index (χ4v) is 2.67. The number of carbonyl (C=O) groups excluding carboxylic acids is 1. The smallest absolute Gasteiger partial charge is 0.221 e. The number of hydrogen-bond donors (Lipinski definition) is 1. The van der Waals surface area contributed by atoms with Crippen LogP contribution in [-0.4, -0.2) is 5.91 Å². The summed E-state index contributed by atoms with van der Waals surface area (Å²) >= 11 is 0. The van der Waals surface area contributed by atoms with Crippen LogP contribution in [0.5, 0.6) is 0 Å². The maximum absolute atomic E-state index is 11.3. The van der Waals surface area contributed by atoms with Crippen LogP contribution in [0.1, 0.15) is 57.8 Å².